The van der Waals surface area contributed by atoms with Crippen molar-refractivity contribution in [1.29, 1.82) is 0 Å². The van der Waals surface area contributed by atoms with Crippen molar-refractivity contribution in [2.24, 2.45) is 0 Å². The number of para-hydroxylation sites is 1. The quantitative estimate of drug-likeness (QED) is 0.690. The first-order valence-electron chi connectivity index (χ1n) is 9.99. The smallest absolute Gasteiger partial charge is 0.222 e. The number of amides is 1. The number of hydrogen-bond acceptors (Lipinski definition) is 5. The number of halogens is 1. The largest absolute Gasteiger partial charge is 0.487 e. The Morgan fingerprint density at radius 1 is 1.24 bits per heavy atom. The minimum atomic E-state index is 0.00329. The molecule has 1 atom stereocenters. The summed E-state index contributed by atoms with van der Waals surface area (Å²) in [5.74, 6) is 0.998. The average Bonchev–Trinajstić information content (AvgIpc) is 3.34. The number of aromatic nitrogens is 1. The normalized spacial score (nSPS) is 19.0. The number of carbonyl (C=O) groups is 1. The van der Waals surface area contributed by atoms with Gasteiger partial charge in [-0.25, -0.2) is 0 Å². The van der Waals surface area contributed by atoms with Gasteiger partial charge in [0.2, 0.25) is 5.91 Å². The standard InChI is InChI=1S/C22H22ClN3O3/c23-16-7-8-20(28-13-18-15-4-1-2-5-19(15)29-25-18)22-14(16)9-10-24-17(22)12-26-11-3-6-21(26)27/h1-2,4-5,7-8,17,24H,3,6,9-13H2. The minimum Gasteiger partial charge on any atom is -0.487 e. The molecule has 2 aromatic carbocycles. The van der Waals surface area contributed by atoms with Gasteiger partial charge in [-0.1, -0.05) is 28.9 Å². The lowest BCUT2D eigenvalue weighted by Gasteiger charge is -2.32. The molecule has 150 valence electrons. The van der Waals surface area contributed by atoms with Crippen LogP contribution in [0.3, 0.4) is 0 Å². The van der Waals surface area contributed by atoms with E-state index in [0.29, 0.717) is 19.6 Å². The van der Waals surface area contributed by atoms with Gasteiger partial charge in [-0.15, -0.1) is 0 Å². The van der Waals surface area contributed by atoms with E-state index in [-0.39, 0.29) is 11.9 Å². The van der Waals surface area contributed by atoms with Gasteiger partial charge in [0.05, 0.1) is 6.04 Å². The molecule has 1 saturated heterocycles. The summed E-state index contributed by atoms with van der Waals surface area (Å²) >= 11 is 6.51. The molecule has 5 rings (SSSR count). The summed E-state index contributed by atoms with van der Waals surface area (Å²) in [6.07, 6.45) is 2.40. The van der Waals surface area contributed by atoms with E-state index < -0.39 is 0 Å². The van der Waals surface area contributed by atoms with Crippen molar-refractivity contribution in [2.45, 2.75) is 31.9 Å². The second-order valence-corrected chi connectivity index (χ2v) is 7.96. The number of nitrogens with one attached hydrogen (secondary N) is 1. The van der Waals surface area contributed by atoms with E-state index in [1.54, 1.807) is 0 Å². The molecular weight excluding hydrogens is 390 g/mol. The van der Waals surface area contributed by atoms with Crippen LogP contribution in [-0.2, 0) is 17.8 Å². The highest BCUT2D eigenvalue weighted by atomic mass is 35.5. The molecule has 3 heterocycles. The van der Waals surface area contributed by atoms with Gasteiger partial charge in [-0.3, -0.25) is 4.79 Å². The van der Waals surface area contributed by atoms with Crippen LogP contribution in [0.15, 0.2) is 40.9 Å². The summed E-state index contributed by atoms with van der Waals surface area (Å²) in [6.45, 7) is 2.58. The lowest BCUT2D eigenvalue weighted by Crippen LogP contribution is -2.39. The molecule has 2 aliphatic heterocycles. The van der Waals surface area contributed by atoms with Crippen LogP contribution < -0.4 is 10.1 Å². The Hall–Kier alpha value is -2.57. The molecule has 6 nitrogen and oxygen atoms in total. The molecule has 0 saturated carbocycles. The van der Waals surface area contributed by atoms with Crippen LogP contribution in [0.25, 0.3) is 11.0 Å². The molecule has 1 aromatic heterocycles. The monoisotopic (exact) mass is 411 g/mol. The van der Waals surface area contributed by atoms with Crippen molar-refractivity contribution >= 4 is 28.5 Å². The van der Waals surface area contributed by atoms with Crippen LogP contribution in [0.4, 0.5) is 0 Å². The van der Waals surface area contributed by atoms with Gasteiger partial charge >= 0.3 is 0 Å². The average molecular weight is 412 g/mol. The van der Waals surface area contributed by atoms with Gasteiger partial charge in [0, 0.05) is 35.5 Å². The third-order valence-electron chi connectivity index (χ3n) is 5.76. The van der Waals surface area contributed by atoms with E-state index in [1.165, 1.54) is 0 Å². The van der Waals surface area contributed by atoms with E-state index >= 15 is 0 Å². The van der Waals surface area contributed by atoms with Crippen molar-refractivity contribution in [3.05, 3.63) is 58.2 Å². The molecule has 1 amide bonds. The lowest BCUT2D eigenvalue weighted by atomic mass is 9.92. The van der Waals surface area contributed by atoms with Crippen LogP contribution in [0.5, 0.6) is 5.75 Å². The zero-order valence-electron chi connectivity index (χ0n) is 16.0. The molecule has 1 fully saturated rings. The van der Waals surface area contributed by atoms with Crippen LogP contribution in [0.1, 0.15) is 35.7 Å². The number of fused-ring (bicyclic) bond motifs is 2. The highest BCUT2D eigenvalue weighted by Crippen LogP contribution is 2.37. The van der Waals surface area contributed by atoms with Crippen LogP contribution >= 0.6 is 11.6 Å². The molecular formula is C22H22ClN3O3. The fourth-order valence-electron chi connectivity index (χ4n) is 4.31. The maximum absolute atomic E-state index is 12.1. The predicted octanol–water partition coefficient (Wildman–Crippen LogP) is 3.87. The Morgan fingerprint density at radius 3 is 3.00 bits per heavy atom. The molecule has 1 unspecified atom stereocenters. The molecule has 3 aromatic rings. The van der Waals surface area contributed by atoms with Crippen LogP contribution in [-0.4, -0.2) is 35.6 Å². The Balaban J connectivity index is 1.43. The number of carbonyl (C=O) groups excluding carboxylic acids is 1. The fourth-order valence-corrected chi connectivity index (χ4v) is 4.57. The summed E-state index contributed by atoms with van der Waals surface area (Å²) < 4.78 is 11.6. The maximum Gasteiger partial charge on any atom is 0.222 e. The van der Waals surface area contributed by atoms with Crippen molar-refractivity contribution in [2.75, 3.05) is 19.6 Å². The second-order valence-electron chi connectivity index (χ2n) is 7.55. The van der Waals surface area contributed by atoms with E-state index in [1.807, 2.05) is 41.3 Å². The summed E-state index contributed by atoms with van der Waals surface area (Å²) in [5.41, 5.74) is 3.66. The Morgan fingerprint density at radius 2 is 2.14 bits per heavy atom. The third-order valence-corrected chi connectivity index (χ3v) is 6.12. The zero-order chi connectivity index (χ0) is 19.8. The molecule has 2 aliphatic rings. The molecule has 0 aliphatic carbocycles. The fraction of sp³-hybridized carbons (Fsp3) is 0.364. The Labute approximate surface area is 173 Å². The van der Waals surface area contributed by atoms with Crippen molar-refractivity contribution in [3.8, 4) is 5.75 Å². The summed E-state index contributed by atoms with van der Waals surface area (Å²) in [5, 5.41) is 9.40. The number of hydrogen-bond donors (Lipinski definition) is 1. The third kappa shape index (κ3) is 3.47. The van der Waals surface area contributed by atoms with Gasteiger partial charge in [0.1, 0.15) is 18.1 Å². The highest BCUT2D eigenvalue weighted by molar-refractivity contribution is 6.31. The molecule has 0 spiro atoms. The predicted molar refractivity (Wildman–Crippen MR) is 110 cm³/mol. The number of nitrogens with zero attached hydrogens (tertiary/aromatic N) is 2. The molecule has 29 heavy (non-hydrogen) atoms. The Bertz CT molecular complexity index is 1060. The number of benzene rings is 2. The molecule has 0 radical (unpaired) electrons. The van der Waals surface area contributed by atoms with Gasteiger partial charge in [0.25, 0.3) is 0 Å². The zero-order valence-corrected chi connectivity index (χ0v) is 16.7. The van der Waals surface area contributed by atoms with Crippen molar-refractivity contribution in [1.82, 2.24) is 15.4 Å². The van der Waals surface area contributed by atoms with Gasteiger partial charge < -0.3 is 19.5 Å². The topological polar surface area (TPSA) is 67.6 Å². The summed E-state index contributed by atoms with van der Waals surface area (Å²) in [4.78, 5) is 14.1. The molecule has 1 N–H and O–H groups in total. The highest BCUT2D eigenvalue weighted by Gasteiger charge is 2.30. The van der Waals surface area contributed by atoms with Crippen LogP contribution in [0.2, 0.25) is 5.02 Å². The first-order chi connectivity index (χ1) is 14.2. The molecule has 0 bridgehead atoms. The van der Waals surface area contributed by atoms with Crippen LogP contribution in [0, 0.1) is 0 Å². The van der Waals surface area contributed by atoms with Gasteiger partial charge in [0.15, 0.2) is 5.58 Å². The molecule has 7 heteroatoms. The SMILES string of the molecule is O=C1CCCN1CC1NCCc2c(Cl)ccc(OCc3noc4ccccc34)c21. The van der Waals surface area contributed by atoms with Gasteiger partial charge in [-0.05, 0) is 49.2 Å². The van der Waals surface area contributed by atoms with Crippen molar-refractivity contribution < 1.29 is 14.1 Å². The number of likely N-dealkylation sites (tertiary alicyclic amines) is 1. The number of ether oxygens (including phenoxy) is 1. The first kappa shape index (κ1) is 18.5. The minimum absolute atomic E-state index is 0.00329. The van der Waals surface area contributed by atoms with E-state index in [9.17, 15) is 4.79 Å². The lowest BCUT2D eigenvalue weighted by molar-refractivity contribution is -0.128. The number of rotatable bonds is 5. The first-order valence-corrected chi connectivity index (χ1v) is 10.4. The van der Waals surface area contributed by atoms with E-state index in [4.69, 9.17) is 20.9 Å². The Kier molecular flexibility index (Phi) is 4.89. The van der Waals surface area contributed by atoms with E-state index in [0.717, 1.165) is 64.5 Å². The van der Waals surface area contributed by atoms with Crippen molar-refractivity contribution in [3.63, 3.8) is 0 Å². The summed E-state index contributed by atoms with van der Waals surface area (Å²) in [6, 6.07) is 11.6. The maximum atomic E-state index is 12.1. The van der Waals surface area contributed by atoms with Gasteiger partial charge in [-0.2, -0.15) is 0 Å². The van der Waals surface area contributed by atoms with E-state index in [2.05, 4.69) is 10.5 Å². The summed E-state index contributed by atoms with van der Waals surface area (Å²) in [7, 11) is 0. The second kappa shape index (κ2) is 7.69.